The highest BCUT2D eigenvalue weighted by molar-refractivity contribution is 5.44. The summed E-state index contributed by atoms with van der Waals surface area (Å²) >= 11 is 0. The van der Waals surface area contributed by atoms with E-state index in [4.69, 9.17) is 15.2 Å². The summed E-state index contributed by atoms with van der Waals surface area (Å²) in [6.45, 7) is 1.87. The number of benzene rings is 1. The van der Waals surface area contributed by atoms with Gasteiger partial charge >= 0.3 is 0 Å². The Kier molecular flexibility index (Phi) is 3.85. The number of hydrogen-bond acceptors (Lipinski definition) is 4. The van der Waals surface area contributed by atoms with E-state index < -0.39 is 6.10 Å². The van der Waals surface area contributed by atoms with Crippen LogP contribution in [0, 0.1) is 5.41 Å². The van der Waals surface area contributed by atoms with Crippen LogP contribution in [0.1, 0.15) is 43.8 Å². The zero-order valence-electron chi connectivity index (χ0n) is 11.8. The number of aliphatic hydroxyl groups excluding tert-OH is 1. The van der Waals surface area contributed by atoms with E-state index in [1.165, 1.54) is 0 Å². The predicted octanol–water partition coefficient (Wildman–Crippen LogP) is 2.40. The van der Waals surface area contributed by atoms with Crippen LogP contribution in [0.15, 0.2) is 18.2 Å². The Morgan fingerprint density at radius 1 is 1.10 bits per heavy atom. The molecular formula is C16H23NO3. The van der Waals surface area contributed by atoms with Crippen molar-refractivity contribution in [3.05, 3.63) is 23.8 Å². The minimum absolute atomic E-state index is 0.167. The maximum atomic E-state index is 10.8. The standard InChI is InChI=1S/C16H23NO3/c17-11-16(6-1-2-7-16)15(18)12-4-5-13-14(10-12)20-9-3-8-19-13/h4-5,10,15,18H,1-3,6-9,11,17H2. The van der Waals surface area contributed by atoms with E-state index in [0.717, 1.165) is 49.2 Å². The van der Waals surface area contributed by atoms with Gasteiger partial charge < -0.3 is 20.3 Å². The second-order valence-electron chi connectivity index (χ2n) is 5.93. The molecule has 1 unspecified atom stereocenters. The number of aliphatic hydroxyl groups is 1. The molecule has 0 bridgehead atoms. The molecule has 4 nitrogen and oxygen atoms in total. The Bertz CT molecular complexity index is 469. The third kappa shape index (κ3) is 2.38. The number of hydrogen-bond donors (Lipinski definition) is 2. The fourth-order valence-corrected chi connectivity index (χ4v) is 3.37. The lowest BCUT2D eigenvalue weighted by atomic mass is 9.77. The van der Waals surface area contributed by atoms with Gasteiger partial charge in [0.25, 0.3) is 0 Å². The van der Waals surface area contributed by atoms with Gasteiger partial charge in [-0.2, -0.15) is 0 Å². The van der Waals surface area contributed by atoms with Crippen LogP contribution in [-0.2, 0) is 0 Å². The summed E-state index contributed by atoms with van der Waals surface area (Å²) in [4.78, 5) is 0. The largest absolute Gasteiger partial charge is 0.490 e. The van der Waals surface area contributed by atoms with Gasteiger partial charge in [-0.25, -0.2) is 0 Å². The van der Waals surface area contributed by atoms with Crippen molar-refractivity contribution in [2.75, 3.05) is 19.8 Å². The predicted molar refractivity (Wildman–Crippen MR) is 77.0 cm³/mol. The highest BCUT2D eigenvalue weighted by Gasteiger charge is 2.40. The topological polar surface area (TPSA) is 64.7 Å². The van der Waals surface area contributed by atoms with Gasteiger partial charge in [-0.05, 0) is 30.5 Å². The number of fused-ring (bicyclic) bond motifs is 1. The van der Waals surface area contributed by atoms with Crippen LogP contribution in [0.5, 0.6) is 11.5 Å². The quantitative estimate of drug-likeness (QED) is 0.890. The van der Waals surface area contributed by atoms with Gasteiger partial charge in [0.2, 0.25) is 0 Å². The molecule has 3 rings (SSSR count). The van der Waals surface area contributed by atoms with Crippen LogP contribution in [-0.4, -0.2) is 24.9 Å². The molecule has 2 aliphatic rings. The smallest absolute Gasteiger partial charge is 0.161 e. The van der Waals surface area contributed by atoms with Crippen LogP contribution in [0.3, 0.4) is 0 Å². The molecule has 0 amide bonds. The van der Waals surface area contributed by atoms with Crippen LogP contribution in [0.25, 0.3) is 0 Å². The van der Waals surface area contributed by atoms with Gasteiger partial charge in [0.15, 0.2) is 11.5 Å². The molecule has 1 saturated carbocycles. The fraction of sp³-hybridized carbons (Fsp3) is 0.625. The van der Waals surface area contributed by atoms with Crippen molar-refractivity contribution < 1.29 is 14.6 Å². The molecule has 1 heterocycles. The van der Waals surface area contributed by atoms with Crippen LogP contribution < -0.4 is 15.2 Å². The summed E-state index contributed by atoms with van der Waals surface area (Å²) in [5, 5.41) is 10.8. The molecule has 0 spiro atoms. The van der Waals surface area contributed by atoms with E-state index in [1.54, 1.807) is 0 Å². The number of rotatable bonds is 3. The summed E-state index contributed by atoms with van der Waals surface area (Å²) in [5.41, 5.74) is 6.68. The van der Waals surface area contributed by atoms with E-state index in [9.17, 15) is 5.11 Å². The number of nitrogens with two attached hydrogens (primary N) is 1. The molecule has 0 radical (unpaired) electrons. The van der Waals surface area contributed by atoms with Crippen LogP contribution >= 0.6 is 0 Å². The first-order valence-electron chi connectivity index (χ1n) is 7.53. The molecule has 3 N–H and O–H groups in total. The van der Waals surface area contributed by atoms with Gasteiger partial charge in [-0.1, -0.05) is 18.9 Å². The molecule has 0 aromatic heterocycles. The lowest BCUT2D eigenvalue weighted by Crippen LogP contribution is -2.34. The summed E-state index contributed by atoms with van der Waals surface area (Å²) in [6, 6.07) is 5.76. The van der Waals surface area contributed by atoms with Gasteiger partial charge in [0.05, 0.1) is 19.3 Å². The molecule has 1 aromatic rings. The molecule has 4 heteroatoms. The molecule has 1 atom stereocenters. The van der Waals surface area contributed by atoms with E-state index >= 15 is 0 Å². The SMILES string of the molecule is NCC1(C(O)c2ccc3c(c2)OCCCO3)CCCC1. The van der Waals surface area contributed by atoms with Gasteiger partial charge in [-0.15, -0.1) is 0 Å². The lowest BCUT2D eigenvalue weighted by molar-refractivity contribution is 0.0331. The van der Waals surface area contributed by atoms with E-state index in [0.29, 0.717) is 19.8 Å². The summed E-state index contributed by atoms with van der Waals surface area (Å²) in [7, 11) is 0. The first-order chi connectivity index (χ1) is 9.75. The first-order valence-corrected chi connectivity index (χ1v) is 7.53. The first kappa shape index (κ1) is 13.7. The second kappa shape index (κ2) is 5.62. The lowest BCUT2D eigenvalue weighted by Gasteiger charge is -2.33. The molecule has 110 valence electrons. The second-order valence-corrected chi connectivity index (χ2v) is 5.93. The summed E-state index contributed by atoms with van der Waals surface area (Å²) < 4.78 is 11.3. The van der Waals surface area contributed by atoms with Gasteiger partial charge in [0.1, 0.15) is 0 Å². The molecule has 20 heavy (non-hydrogen) atoms. The van der Waals surface area contributed by atoms with Crippen molar-refractivity contribution in [2.45, 2.75) is 38.2 Å². The van der Waals surface area contributed by atoms with E-state index in [2.05, 4.69) is 0 Å². The molecule has 1 aromatic carbocycles. The minimum atomic E-state index is -0.521. The highest BCUT2D eigenvalue weighted by Crippen LogP contribution is 2.47. The Labute approximate surface area is 119 Å². The molecule has 0 saturated heterocycles. The fourth-order valence-electron chi connectivity index (χ4n) is 3.37. The van der Waals surface area contributed by atoms with Crippen molar-refractivity contribution in [3.63, 3.8) is 0 Å². The van der Waals surface area contributed by atoms with Crippen molar-refractivity contribution >= 4 is 0 Å². The van der Waals surface area contributed by atoms with Crippen molar-refractivity contribution in [1.82, 2.24) is 0 Å². The third-order valence-corrected chi connectivity index (χ3v) is 4.67. The van der Waals surface area contributed by atoms with Gasteiger partial charge in [-0.3, -0.25) is 0 Å². The average molecular weight is 277 g/mol. The monoisotopic (exact) mass is 277 g/mol. The van der Waals surface area contributed by atoms with Crippen LogP contribution in [0.2, 0.25) is 0 Å². The normalized spacial score (nSPS) is 22.3. The zero-order chi connectivity index (χ0) is 14.0. The molecule has 1 aliphatic heterocycles. The van der Waals surface area contributed by atoms with E-state index in [-0.39, 0.29) is 5.41 Å². The Balaban J connectivity index is 1.88. The Morgan fingerprint density at radius 3 is 2.50 bits per heavy atom. The molecule has 1 fully saturated rings. The molecular weight excluding hydrogens is 254 g/mol. The van der Waals surface area contributed by atoms with Crippen molar-refractivity contribution in [3.8, 4) is 11.5 Å². The highest BCUT2D eigenvalue weighted by atomic mass is 16.5. The third-order valence-electron chi connectivity index (χ3n) is 4.67. The molecule has 1 aliphatic carbocycles. The maximum absolute atomic E-state index is 10.8. The minimum Gasteiger partial charge on any atom is -0.490 e. The number of ether oxygens (including phenoxy) is 2. The summed E-state index contributed by atoms with van der Waals surface area (Å²) in [5.74, 6) is 1.51. The van der Waals surface area contributed by atoms with Crippen molar-refractivity contribution in [1.29, 1.82) is 0 Å². The average Bonchev–Trinajstić information content (AvgIpc) is 2.85. The zero-order valence-corrected chi connectivity index (χ0v) is 11.8. The maximum Gasteiger partial charge on any atom is 0.161 e. The van der Waals surface area contributed by atoms with Gasteiger partial charge in [0, 0.05) is 18.4 Å². The Hall–Kier alpha value is -1.26. The van der Waals surface area contributed by atoms with Crippen LogP contribution in [0.4, 0.5) is 0 Å². The summed E-state index contributed by atoms with van der Waals surface area (Å²) in [6.07, 6.45) is 4.67. The Morgan fingerprint density at radius 2 is 1.80 bits per heavy atom. The van der Waals surface area contributed by atoms with E-state index in [1.807, 2.05) is 18.2 Å². The van der Waals surface area contributed by atoms with Crippen molar-refractivity contribution in [2.24, 2.45) is 11.1 Å².